The van der Waals surface area contributed by atoms with Gasteiger partial charge in [0.05, 0.1) is 16.6 Å². The summed E-state index contributed by atoms with van der Waals surface area (Å²) in [6, 6.07) is 15.1. The fraction of sp³-hybridized carbons (Fsp3) is 0.273. The van der Waals surface area contributed by atoms with Crippen LogP contribution in [-0.2, 0) is 0 Å². The summed E-state index contributed by atoms with van der Waals surface area (Å²) in [5.74, 6) is 1.33. The first-order chi connectivity index (χ1) is 14.6. The van der Waals surface area contributed by atoms with Gasteiger partial charge in [0.15, 0.2) is 11.5 Å². The summed E-state index contributed by atoms with van der Waals surface area (Å²) in [7, 11) is 0. The molecule has 0 aliphatic carbocycles. The van der Waals surface area contributed by atoms with Crippen molar-refractivity contribution in [2.45, 2.75) is 25.7 Å². The van der Waals surface area contributed by atoms with Crippen molar-refractivity contribution in [1.29, 1.82) is 0 Å². The number of piperidine rings is 1. The quantitative estimate of drug-likeness (QED) is 0.490. The minimum absolute atomic E-state index is 0.0573. The molecule has 2 aromatic carbocycles. The molecule has 0 bridgehead atoms. The lowest BCUT2D eigenvalue weighted by molar-refractivity contribution is 0.0686. The van der Waals surface area contributed by atoms with Crippen molar-refractivity contribution in [3.05, 3.63) is 71.1 Å². The highest BCUT2D eigenvalue weighted by Gasteiger charge is 2.30. The molecule has 0 spiro atoms. The molecule has 0 radical (unpaired) electrons. The number of amides is 1. The minimum atomic E-state index is -0.190. The molecule has 2 aromatic heterocycles. The molecule has 5 rings (SSSR count). The fourth-order valence-corrected chi connectivity index (χ4v) is 4.12. The second kappa shape index (κ2) is 7.57. The largest absolute Gasteiger partial charge is 0.440 e. The van der Waals surface area contributed by atoms with E-state index in [0.29, 0.717) is 35.5 Å². The third kappa shape index (κ3) is 3.35. The number of fused-ring (bicyclic) bond motifs is 1. The molecule has 152 valence electrons. The Labute approximate surface area is 178 Å². The van der Waals surface area contributed by atoms with E-state index in [2.05, 4.69) is 15.1 Å². The van der Waals surface area contributed by atoms with Crippen molar-refractivity contribution in [3.63, 3.8) is 0 Å². The summed E-state index contributed by atoms with van der Waals surface area (Å²) in [6.45, 7) is 3.00. The maximum atomic E-state index is 13.1. The van der Waals surface area contributed by atoms with Crippen LogP contribution in [0, 0.1) is 6.92 Å². The summed E-state index contributed by atoms with van der Waals surface area (Å²) in [5, 5.41) is 4.99. The molecule has 3 heterocycles. The standard InChI is InChI=1S/C22H20ClN5O2/c1-14-24-20(26-28(14)18-10-4-2-8-16(18)23)22(29)27-12-6-7-15(13-27)21-25-17-9-3-5-11-19(17)30-21/h2-5,8-11,15H,6-7,12-13H2,1H3. The van der Waals surface area contributed by atoms with Gasteiger partial charge >= 0.3 is 0 Å². The number of aryl methyl sites for hydroxylation is 1. The van der Waals surface area contributed by atoms with Gasteiger partial charge in [0, 0.05) is 13.1 Å². The molecule has 1 amide bonds. The van der Waals surface area contributed by atoms with Gasteiger partial charge in [0.1, 0.15) is 11.3 Å². The number of likely N-dealkylation sites (tertiary alicyclic amines) is 1. The second-order valence-corrected chi connectivity index (χ2v) is 7.86. The number of carbonyl (C=O) groups excluding carboxylic acids is 1. The van der Waals surface area contributed by atoms with Crippen molar-refractivity contribution in [2.24, 2.45) is 0 Å². The number of oxazole rings is 1. The molecule has 30 heavy (non-hydrogen) atoms. The number of rotatable bonds is 3. The molecule has 0 saturated carbocycles. The van der Waals surface area contributed by atoms with E-state index in [-0.39, 0.29) is 17.6 Å². The lowest BCUT2D eigenvalue weighted by Crippen LogP contribution is -2.39. The SMILES string of the molecule is Cc1nc(C(=O)N2CCCC(c3nc4ccccc4o3)C2)nn1-c1ccccc1Cl. The van der Waals surface area contributed by atoms with Gasteiger partial charge in [-0.3, -0.25) is 4.79 Å². The molecule has 0 N–H and O–H groups in total. The van der Waals surface area contributed by atoms with Gasteiger partial charge in [-0.15, -0.1) is 5.10 Å². The predicted octanol–water partition coefficient (Wildman–Crippen LogP) is 4.39. The van der Waals surface area contributed by atoms with E-state index in [1.807, 2.05) is 49.4 Å². The van der Waals surface area contributed by atoms with Crippen molar-refractivity contribution < 1.29 is 9.21 Å². The number of nitrogens with zero attached hydrogens (tertiary/aromatic N) is 5. The van der Waals surface area contributed by atoms with Gasteiger partial charge in [0.2, 0.25) is 5.82 Å². The molecule has 1 aliphatic rings. The van der Waals surface area contributed by atoms with Crippen LogP contribution in [0.15, 0.2) is 52.9 Å². The molecular formula is C22H20ClN5O2. The Morgan fingerprint density at radius 1 is 1.13 bits per heavy atom. The van der Waals surface area contributed by atoms with Crippen LogP contribution in [0.3, 0.4) is 0 Å². The average molecular weight is 422 g/mol. The topological polar surface area (TPSA) is 77.1 Å². The number of halogens is 1. The lowest BCUT2D eigenvalue weighted by Gasteiger charge is -2.30. The van der Waals surface area contributed by atoms with Crippen LogP contribution < -0.4 is 0 Å². The summed E-state index contributed by atoms with van der Waals surface area (Å²) >= 11 is 6.29. The van der Waals surface area contributed by atoms with Crippen LogP contribution in [-0.4, -0.2) is 43.6 Å². The zero-order valence-corrected chi connectivity index (χ0v) is 17.2. The Morgan fingerprint density at radius 3 is 2.77 bits per heavy atom. The Hall–Kier alpha value is -3.19. The molecule has 1 atom stereocenters. The number of carbonyl (C=O) groups is 1. The maximum Gasteiger partial charge on any atom is 0.293 e. The highest BCUT2D eigenvalue weighted by molar-refractivity contribution is 6.32. The highest BCUT2D eigenvalue weighted by atomic mass is 35.5. The molecular weight excluding hydrogens is 402 g/mol. The predicted molar refractivity (Wildman–Crippen MR) is 113 cm³/mol. The van der Waals surface area contributed by atoms with Gasteiger partial charge in [-0.2, -0.15) is 0 Å². The van der Waals surface area contributed by atoms with E-state index in [1.54, 1.807) is 15.6 Å². The van der Waals surface area contributed by atoms with Crippen LogP contribution in [0.4, 0.5) is 0 Å². The van der Waals surface area contributed by atoms with Gasteiger partial charge < -0.3 is 9.32 Å². The minimum Gasteiger partial charge on any atom is -0.440 e. The Kier molecular flexibility index (Phi) is 4.75. The van der Waals surface area contributed by atoms with Crippen molar-refractivity contribution in [2.75, 3.05) is 13.1 Å². The average Bonchev–Trinajstić information content (AvgIpc) is 3.37. The number of hydrogen-bond acceptors (Lipinski definition) is 5. The molecule has 1 fully saturated rings. The third-order valence-corrected chi connectivity index (χ3v) is 5.73. The fourth-order valence-electron chi connectivity index (χ4n) is 3.90. The first-order valence-electron chi connectivity index (χ1n) is 9.93. The van der Waals surface area contributed by atoms with Crippen molar-refractivity contribution in [1.82, 2.24) is 24.6 Å². The van der Waals surface area contributed by atoms with E-state index >= 15 is 0 Å². The molecule has 8 heteroatoms. The van der Waals surface area contributed by atoms with E-state index < -0.39 is 0 Å². The number of hydrogen-bond donors (Lipinski definition) is 0. The monoisotopic (exact) mass is 421 g/mol. The summed E-state index contributed by atoms with van der Waals surface area (Å²) < 4.78 is 7.55. The molecule has 4 aromatic rings. The number of para-hydroxylation sites is 3. The smallest absolute Gasteiger partial charge is 0.293 e. The van der Waals surface area contributed by atoms with E-state index in [0.717, 1.165) is 23.9 Å². The zero-order valence-electron chi connectivity index (χ0n) is 16.5. The molecule has 1 unspecified atom stereocenters. The van der Waals surface area contributed by atoms with Crippen molar-refractivity contribution in [3.8, 4) is 5.69 Å². The van der Waals surface area contributed by atoms with Gasteiger partial charge in [-0.05, 0) is 44.0 Å². The summed E-state index contributed by atoms with van der Waals surface area (Å²) in [6.07, 6.45) is 1.80. The molecule has 1 saturated heterocycles. The van der Waals surface area contributed by atoms with E-state index in [9.17, 15) is 4.79 Å². The van der Waals surface area contributed by atoms with Crippen LogP contribution in [0.1, 0.15) is 41.1 Å². The maximum absolute atomic E-state index is 13.1. The highest BCUT2D eigenvalue weighted by Crippen LogP contribution is 2.29. The third-order valence-electron chi connectivity index (χ3n) is 5.41. The number of aromatic nitrogens is 4. The Morgan fingerprint density at radius 2 is 1.93 bits per heavy atom. The van der Waals surface area contributed by atoms with Crippen LogP contribution in [0.2, 0.25) is 5.02 Å². The normalized spacial score (nSPS) is 16.9. The first-order valence-corrected chi connectivity index (χ1v) is 10.3. The van der Waals surface area contributed by atoms with Gasteiger partial charge in [-0.25, -0.2) is 14.6 Å². The Bertz CT molecular complexity index is 1200. The molecule has 1 aliphatic heterocycles. The second-order valence-electron chi connectivity index (χ2n) is 7.46. The zero-order chi connectivity index (χ0) is 20.7. The number of benzene rings is 2. The van der Waals surface area contributed by atoms with E-state index in [4.69, 9.17) is 16.0 Å². The molecule has 7 nitrogen and oxygen atoms in total. The van der Waals surface area contributed by atoms with Crippen LogP contribution >= 0.6 is 11.6 Å². The lowest BCUT2D eigenvalue weighted by atomic mass is 9.98. The van der Waals surface area contributed by atoms with Gasteiger partial charge in [0.25, 0.3) is 5.91 Å². The Balaban J connectivity index is 1.38. The first kappa shape index (κ1) is 18.8. The van der Waals surface area contributed by atoms with Crippen LogP contribution in [0.5, 0.6) is 0 Å². The summed E-state index contributed by atoms with van der Waals surface area (Å²) in [5.41, 5.74) is 2.31. The van der Waals surface area contributed by atoms with E-state index in [1.165, 1.54) is 0 Å². The van der Waals surface area contributed by atoms with Crippen LogP contribution in [0.25, 0.3) is 16.8 Å². The van der Waals surface area contributed by atoms with Gasteiger partial charge in [-0.1, -0.05) is 35.9 Å². The van der Waals surface area contributed by atoms with Crippen molar-refractivity contribution >= 4 is 28.6 Å². The summed E-state index contributed by atoms with van der Waals surface area (Å²) in [4.78, 5) is 23.9.